The number of carbonyl (C=O) groups excluding carboxylic acids is 1. The Balaban J connectivity index is 2.29. The number of hydrogen-bond acceptors (Lipinski definition) is 7. The lowest BCUT2D eigenvalue weighted by atomic mass is 10.1. The Bertz CT molecular complexity index is 802. The van der Waals surface area contributed by atoms with E-state index in [0.717, 1.165) is 0 Å². The van der Waals surface area contributed by atoms with Crippen LogP contribution in [-0.4, -0.2) is 31.9 Å². The smallest absolute Gasteiger partial charge is 0.341 e. The standard InChI is InChI=1S/C18H17NO7/c1-23-16-9-8-13(11-17(16)24-2)10-14(12-25-19(21)22)18(20)26-15-6-4-3-5-7-15/h3-11H,12H2,1-2H3/b14-10+. The van der Waals surface area contributed by atoms with E-state index in [2.05, 4.69) is 4.84 Å². The zero-order valence-corrected chi connectivity index (χ0v) is 14.2. The summed E-state index contributed by atoms with van der Waals surface area (Å²) in [4.78, 5) is 27.2. The molecule has 8 heteroatoms. The van der Waals surface area contributed by atoms with E-state index in [1.165, 1.54) is 20.3 Å². The van der Waals surface area contributed by atoms with Crippen LogP contribution in [0.5, 0.6) is 17.2 Å². The first-order chi connectivity index (χ1) is 12.5. The Kier molecular flexibility index (Phi) is 6.55. The van der Waals surface area contributed by atoms with Crippen LogP contribution in [0.1, 0.15) is 5.56 Å². The summed E-state index contributed by atoms with van der Waals surface area (Å²) >= 11 is 0. The van der Waals surface area contributed by atoms with Gasteiger partial charge in [-0.15, -0.1) is 10.1 Å². The summed E-state index contributed by atoms with van der Waals surface area (Å²) < 4.78 is 15.6. The normalized spacial score (nSPS) is 10.8. The molecule has 2 aromatic carbocycles. The molecule has 0 aliphatic carbocycles. The summed E-state index contributed by atoms with van der Waals surface area (Å²) in [7, 11) is 2.98. The third-order valence-electron chi connectivity index (χ3n) is 3.29. The van der Waals surface area contributed by atoms with Gasteiger partial charge in [-0.25, -0.2) is 4.79 Å². The van der Waals surface area contributed by atoms with E-state index in [4.69, 9.17) is 14.2 Å². The van der Waals surface area contributed by atoms with Crippen LogP contribution in [0.4, 0.5) is 0 Å². The van der Waals surface area contributed by atoms with Gasteiger partial charge in [0.25, 0.3) is 5.09 Å². The fraction of sp³-hybridized carbons (Fsp3) is 0.167. The Morgan fingerprint density at radius 3 is 2.38 bits per heavy atom. The van der Waals surface area contributed by atoms with E-state index in [0.29, 0.717) is 22.8 Å². The maximum absolute atomic E-state index is 12.4. The van der Waals surface area contributed by atoms with Gasteiger partial charge in [-0.2, -0.15) is 0 Å². The molecule has 0 heterocycles. The van der Waals surface area contributed by atoms with Crippen LogP contribution in [0.15, 0.2) is 54.1 Å². The van der Waals surface area contributed by atoms with Crippen molar-refractivity contribution in [2.75, 3.05) is 20.8 Å². The number of methoxy groups -OCH3 is 2. The maximum Gasteiger partial charge on any atom is 0.341 e. The molecule has 2 rings (SSSR count). The van der Waals surface area contributed by atoms with Gasteiger partial charge < -0.3 is 19.0 Å². The first kappa shape index (κ1) is 18.8. The van der Waals surface area contributed by atoms with Crippen LogP contribution in [0, 0.1) is 10.1 Å². The number of ether oxygens (including phenoxy) is 3. The van der Waals surface area contributed by atoms with Crippen molar-refractivity contribution in [3.05, 3.63) is 69.8 Å². The number of benzene rings is 2. The summed E-state index contributed by atoms with van der Waals surface area (Å²) in [6.07, 6.45) is 1.43. The van der Waals surface area contributed by atoms with Crippen molar-refractivity contribution in [1.82, 2.24) is 0 Å². The summed E-state index contributed by atoms with van der Waals surface area (Å²) in [5, 5.41) is 9.51. The van der Waals surface area contributed by atoms with E-state index in [1.807, 2.05) is 0 Å². The zero-order chi connectivity index (χ0) is 18.9. The van der Waals surface area contributed by atoms with Gasteiger partial charge in [0.1, 0.15) is 12.4 Å². The Labute approximate surface area is 149 Å². The highest BCUT2D eigenvalue weighted by molar-refractivity contribution is 5.95. The first-order valence-electron chi connectivity index (χ1n) is 7.50. The van der Waals surface area contributed by atoms with E-state index in [9.17, 15) is 14.9 Å². The first-order valence-corrected chi connectivity index (χ1v) is 7.50. The van der Waals surface area contributed by atoms with E-state index in [1.54, 1.807) is 48.5 Å². The fourth-order valence-corrected chi connectivity index (χ4v) is 2.09. The number of esters is 1. The molecule has 0 radical (unpaired) electrons. The highest BCUT2D eigenvalue weighted by Crippen LogP contribution is 2.28. The van der Waals surface area contributed by atoms with Crippen LogP contribution < -0.4 is 14.2 Å². The fourth-order valence-electron chi connectivity index (χ4n) is 2.09. The Morgan fingerprint density at radius 2 is 1.77 bits per heavy atom. The third-order valence-corrected chi connectivity index (χ3v) is 3.29. The molecule has 0 aliphatic heterocycles. The van der Waals surface area contributed by atoms with Crippen molar-refractivity contribution in [3.8, 4) is 17.2 Å². The van der Waals surface area contributed by atoms with Gasteiger partial charge in [-0.1, -0.05) is 24.3 Å². The molecule has 2 aromatic rings. The number of para-hydroxylation sites is 1. The molecule has 0 aromatic heterocycles. The predicted molar refractivity (Wildman–Crippen MR) is 92.5 cm³/mol. The molecule has 0 N–H and O–H groups in total. The van der Waals surface area contributed by atoms with Crippen molar-refractivity contribution in [2.24, 2.45) is 0 Å². The highest BCUT2D eigenvalue weighted by atomic mass is 16.9. The molecule has 8 nitrogen and oxygen atoms in total. The number of hydrogen-bond donors (Lipinski definition) is 0. The molecular formula is C18H17NO7. The van der Waals surface area contributed by atoms with Crippen molar-refractivity contribution < 1.29 is 28.9 Å². The van der Waals surface area contributed by atoms with Crippen molar-refractivity contribution in [3.63, 3.8) is 0 Å². The molecule has 0 unspecified atom stereocenters. The average Bonchev–Trinajstić information content (AvgIpc) is 2.65. The summed E-state index contributed by atoms with van der Waals surface area (Å²) in [5.41, 5.74) is 0.535. The summed E-state index contributed by atoms with van der Waals surface area (Å²) in [5.74, 6) is 0.525. The second kappa shape index (κ2) is 9.07. The quantitative estimate of drug-likeness (QED) is 0.235. The number of rotatable bonds is 8. The van der Waals surface area contributed by atoms with Gasteiger partial charge in [-0.05, 0) is 35.9 Å². The molecule has 26 heavy (non-hydrogen) atoms. The van der Waals surface area contributed by atoms with Crippen LogP contribution in [0.2, 0.25) is 0 Å². The van der Waals surface area contributed by atoms with E-state index >= 15 is 0 Å². The highest BCUT2D eigenvalue weighted by Gasteiger charge is 2.15. The SMILES string of the molecule is COc1ccc(/C=C(\CO[N+](=O)[O-])C(=O)Oc2ccccc2)cc1OC. The lowest BCUT2D eigenvalue weighted by Crippen LogP contribution is -2.17. The predicted octanol–water partition coefficient (Wildman–Crippen LogP) is 2.90. The maximum atomic E-state index is 12.4. The third kappa shape index (κ3) is 5.23. The van der Waals surface area contributed by atoms with Gasteiger partial charge in [0.2, 0.25) is 0 Å². The minimum absolute atomic E-state index is 0.0298. The minimum atomic E-state index is -0.974. The summed E-state index contributed by atoms with van der Waals surface area (Å²) in [6.45, 7) is -0.549. The molecule has 0 atom stereocenters. The van der Waals surface area contributed by atoms with Gasteiger partial charge in [0, 0.05) is 0 Å². The van der Waals surface area contributed by atoms with Gasteiger partial charge in [0.05, 0.1) is 19.8 Å². The lowest BCUT2D eigenvalue weighted by Gasteiger charge is -2.10. The topological polar surface area (TPSA) is 97.1 Å². The monoisotopic (exact) mass is 359 g/mol. The number of nitrogens with zero attached hydrogens (tertiary/aromatic N) is 1. The zero-order valence-electron chi connectivity index (χ0n) is 14.2. The van der Waals surface area contributed by atoms with Gasteiger partial charge in [0.15, 0.2) is 11.5 Å². The average molecular weight is 359 g/mol. The van der Waals surface area contributed by atoms with Crippen LogP contribution in [0.25, 0.3) is 6.08 Å². The van der Waals surface area contributed by atoms with E-state index < -0.39 is 17.7 Å². The lowest BCUT2D eigenvalue weighted by molar-refractivity contribution is -0.755. The molecule has 0 amide bonds. The second-order valence-electron chi connectivity index (χ2n) is 4.98. The number of carbonyl (C=O) groups is 1. The molecule has 0 bridgehead atoms. The van der Waals surface area contributed by atoms with Crippen molar-refractivity contribution in [2.45, 2.75) is 0 Å². The summed E-state index contributed by atoms with van der Waals surface area (Å²) in [6, 6.07) is 13.3. The molecule has 0 aliphatic rings. The van der Waals surface area contributed by atoms with Crippen LogP contribution in [0.3, 0.4) is 0 Å². The molecular weight excluding hydrogens is 342 g/mol. The molecule has 0 saturated heterocycles. The van der Waals surface area contributed by atoms with Crippen LogP contribution in [-0.2, 0) is 9.63 Å². The van der Waals surface area contributed by atoms with Crippen molar-refractivity contribution in [1.29, 1.82) is 0 Å². The van der Waals surface area contributed by atoms with Gasteiger partial charge in [-0.3, -0.25) is 0 Å². The minimum Gasteiger partial charge on any atom is -0.493 e. The Hall–Kier alpha value is -3.55. The van der Waals surface area contributed by atoms with Crippen LogP contribution >= 0.6 is 0 Å². The second-order valence-corrected chi connectivity index (χ2v) is 4.98. The Morgan fingerprint density at radius 1 is 1.08 bits per heavy atom. The van der Waals surface area contributed by atoms with E-state index in [-0.39, 0.29) is 5.57 Å². The molecule has 0 fully saturated rings. The molecule has 0 saturated carbocycles. The van der Waals surface area contributed by atoms with Gasteiger partial charge >= 0.3 is 5.97 Å². The largest absolute Gasteiger partial charge is 0.493 e. The molecule has 0 spiro atoms. The van der Waals surface area contributed by atoms with Crippen molar-refractivity contribution >= 4 is 12.0 Å². The molecule has 136 valence electrons.